The summed E-state index contributed by atoms with van der Waals surface area (Å²) in [5, 5.41) is 5.71. The van der Waals surface area contributed by atoms with E-state index < -0.39 is 12.0 Å². The molecule has 8 nitrogen and oxygen atoms in total. The van der Waals surface area contributed by atoms with Crippen LogP contribution in [0.4, 0.5) is 4.79 Å². The third kappa shape index (κ3) is 5.20. The molecule has 2 N–H and O–H groups in total. The molecule has 1 atom stereocenters. The lowest BCUT2D eigenvalue weighted by atomic mass is 9.94. The minimum absolute atomic E-state index is 0.259. The Balaban J connectivity index is 1.89. The van der Waals surface area contributed by atoms with E-state index >= 15 is 0 Å². The van der Waals surface area contributed by atoms with Gasteiger partial charge >= 0.3 is 12.0 Å². The van der Waals surface area contributed by atoms with Crippen molar-refractivity contribution in [3.8, 4) is 5.75 Å². The number of rotatable bonds is 8. The van der Waals surface area contributed by atoms with Crippen molar-refractivity contribution >= 4 is 12.0 Å². The van der Waals surface area contributed by atoms with Crippen LogP contribution in [0.15, 0.2) is 48.2 Å². The Morgan fingerprint density at radius 1 is 1.27 bits per heavy atom. The van der Waals surface area contributed by atoms with E-state index in [1.165, 1.54) is 0 Å². The van der Waals surface area contributed by atoms with Gasteiger partial charge in [0, 0.05) is 45.0 Å². The number of ether oxygens (including phenoxy) is 2. The van der Waals surface area contributed by atoms with Crippen molar-refractivity contribution in [2.75, 3.05) is 53.0 Å². The molecule has 0 aromatic heterocycles. The standard InChI is InChI=1S/C22H30N4O4/c1-4-9-25-10-12-26(13-11-25)15-18-19(21(27)30-5-2)20(24-22(28)23-18)16-7-6-8-17(14-16)29-3/h4,6-8,14,20H,1,5,9-13,15H2,2-3H3,(H2,23,24,28). The van der Waals surface area contributed by atoms with Crippen molar-refractivity contribution in [2.45, 2.75) is 13.0 Å². The maximum atomic E-state index is 12.9. The predicted molar refractivity (Wildman–Crippen MR) is 114 cm³/mol. The van der Waals surface area contributed by atoms with Gasteiger partial charge in [0.15, 0.2) is 0 Å². The smallest absolute Gasteiger partial charge is 0.338 e. The first-order valence-corrected chi connectivity index (χ1v) is 10.2. The third-order valence-corrected chi connectivity index (χ3v) is 5.31. The molecular formula is C22H30N4O4. The number of methoxy groups -OCH3 is 1. The van der Waals surface area contributed by atoms with Gasteiger partial charge in [0.2, 0.25) is 0 Å². The molecule has 2 aliphatic heterocycles. The van der Waals surface area contributed by atoms with Gasteiger partial charge in [-0.05, 0) is 24.6 Å². The van der Waals surface area contributed by atoms with Gasteiger partial charge in [-0.1, -0.05) is 18.2 Å². The average Bonchev–Trinajstić information content (AvgIpc) is 2.75. The Labute approximate surface area is 177 Å². The highest BCUT2D eigenvalue weighted by atomic mass is 16.5. The van der Waals surface area contributed by atoms with E-state index in [4.69, 9.17) is 9.47 Å². The summed E-state index contributed by atoms with van der Waals surface area (Å²) in [6, 6.07) is 6.40. The number of nitrogens with one attached hydrogen (secondary N) is 2. The van der Waals surface area contributed by atoms with E-state index in [9.17, 15) is 9.59 Å². The summed E-state index contributed by atoms with van der Waals surface area (Å²) in [7, 11) is 1.58. The molecule has 2 amide bonds. The van der Waals surface area contributed by atoms with Crippen LogP contribution >= 0.6 is 0 Å². The molecule has 162 valence electrons. The fraction of sp³-hybridized carbons (Fsp3) is 0.455. The van der Waals surface area contributed by atoms with Gasteiger partial charge in [0.05, 0.1) is 25.3 Å². The van der Waals surface area contributed by atoms with Crippen molar-refractivity contribution in [1.29, 1.82) is 0 Å². The molecule has 2 aliphatic rings. The van der Waals surface area contributed by atoms with Crippen molar-refractivity contribution in [3.63, 3.8) is 0 Å². The highest BCUT2D eigenvalue weighted by Gasteiger charge is 2.34. The van der Waals surface area contributed by atoms with Crippen LogP contribution in [0.25, 0.3) is 0 Å². The molecule has 0 spiro atoms. The zero-order valence-corrected chi connectivity index (χ0v) is 17.6. The van der Waals surface area contributed by atoms with Crippen LogP contribution < -0.4 is 15.4 Å². The second kappa shape index (κ2) is 10.3. The molecule has 0 radical (unpaired) electrons. The van der Waals surface area contributed by atoms with Crippen LogP contribution in [0.2, 0.25) is 0 Å². The van der Waals surface area contributed by atoms with Crippen molar-refractivity contribution in [3.05, 3.63) is 53.8 Å². The molecule has 0 bridgehead atoms. The van der Waals surface area contributed by atoms with Gasteiger partial charge < -0.3 is 20.1 Å². The maximum Gasteiger partial charge on any atom is 0.338 e. The number of hydrogen-bond acceptors (Lipinski definition) is 6. The number of carbonyl (C=O) groups is 2. The molecule has 1 aromatic rings. The minimum atomic E-state index is -0.607. The molecule has 3 rings (SSSR count). The molecule has 0 aliphatic carbocycles. The van der Waals surface area contributed by atoms with Crippen LogP contribution in [0.3, 0.4) is 0 Å². The lowest BCUT2D eigenvalue weighted by Crippen LogP contribution is -2.51. The van der Waals surface area contributed by atoms with Crippen molar-refractivity contribution in [1.82, 2.24) is 20.4 Å². The second-order valence-electron chi connectivity index (χ2n) is 7.29. The summed E-state index contributed by atoms with van der Waals surface area (Å²) >= 11 is 0. The zero-order chi connectivity index (χ0) is 21.5. The first-order valence-electron chi connectivity index (χ1n) is 10.2. The highest BCUT2D eigenvalue weighted by Crippen LogP contribution is 2.30. The number of nitrogens with zero attached hydrogens (tertiary/aromatic N) is 2. The first kappa shape index (κ1) is 21.9. The monoisotopic (exact) mass is 414 g/mol. The van der Waals surface area contributed by atoms with Crippen LogP contribution in [0.5, 0.6) is 5.75 Å². The fourth-order valence-electron chi connectivity index (χ4n) is 3.80. The molecule has 30 heavy (non-hydrogen) atoms. The summed E-state index contributed by atoms with van der Waals surface area (Å²) in [4.78, 5) is 29.9. The second-order valence-corrected chi connectivity index (χ2v) is 7.29. The molecule has 1 aromatic carbocycles. The number of hydrogen-bond donors (Lipinski definition) is 2. The Bertz CT molecular complexity index is 815. The Morgan fingerprint density at radius 2 is 2.00 bits per heavy atom. The van der Waals surface area contributed by atoms with Crippen molar-refractivity contribution < 1.29 is 19.1 Å². The van der Waals surface area contributed by atoms with E-state index in [2.05, 4.69) is 27.0 Å². The van der Waals surface area contributed by atoms with Crippen LogP contribution in [-0.2, 0) is 9.53 Å². The van der Waals surface area contributed by atoms with Gasteiger partial charge in [-0.3, -0.25) is 9.80 Å². The zero-order valence-electron chi connectivity index (χ0n) is 17.6. The number of carbonyl (C=O) groups excluding carboxylic acids is 2. The largest absolute Gasteiger partial charge is 0.497 e. The summed E-state index contributed by atoms with van der Waals surface area (Å²) in [6.45, 7) is 10.7. The lowest BCUT2D eigenvalue weighted by Gasteiger charge is -2.36. The summed E-state index contributed by atoms with van der Waals surface area (Å²) in [6.07, 6.45) is 1.91. The number of urea groups is 1. The first-order chi connectivity index (χ1) is 14.5. The fourth-order valence-corrected chi connectivity index (χ4v) is 3.80. The van der Waals surface area contributed by atoms with Crippen LogP contribution in [0, 0.1) is 0 Å². The van der Waals surface area contributed by atoms with Gasteiger partial charge in [-0.15, -0.1) is 6.58 Å². The SMILES string of the molecule is C=CCN1CCN(CC2=C(C(=O)OCC)C(c3cccc(OC)c3)NC(=O)N2)CC1. The van der Waals surface area contributed by atoms with E-state index in [0.29, 0.717) is 23.6 Å². The number of esters is 1. The topological polar surface area (TPSA) is 83.1 Å². The van der Waals surface area contributed by atoms with Crippen LogP contribution in [-0.4, -0.2) is 74.8 Å². The summed E-state index contributed by atoms with van der Waals surface area (Å²) in [5.74, 6) is 0.224. The molecule has 1 unspecified atom stereocenters. The Kier molecular flexibility index (Phi) is 7.48. The Hall–Kier alpha value is -2.84. The van der Waals surface area contributed by atoms with E-state index in [1.54, 1.807) is 14.0 Å². The molecule has 8 heteroatoms. The number of amides is 2. The van der Waals surface area contributed by atoms with Gasteiger partial charge in [0.25, 0.3) is 0 Å². The molecule has 1 saturated heterocycles. The maximum absolute atomic E-state index is 12.9. The molecule has 2 heterocycles. The average molecular weight is 415 g/mol. The molecule has 0 saturated carbocycles. The molecule has 1 fully saturated rings. The van der Waals surface area contributed by atoms with E-state index in [0.717, 1.165) is 38.3 Å². The van der Waals surface area contributed by atoms with E-state index in [1.807, 2.05) is 30.3 Å². The summed E-state index contributed by atoms with van der Waals surface area (Å²) < 4.78 is 10.6. The number of piperazine rings is 1. The lowest BCUT2D eigenvalue weighted by molar-refractivity contribution is -0.139. The van der Waals surface area contributed by atoms with Gasteiger partial charge in [-0.25, -0.2) is 9.59 Å². The van der Waals surface area contributed by atoms with Gasteiger partial charge in [-0.2, -0.15) is 0 Å². The highest BCUT2D eigenvalue weighted by molar-refractivity contribution is 5.95. The van der Waals surface area contributed by atoms with Crippen LogP contribution in [0.1, 0.15) is 18.5 Å². The quantitative estimate of drug-likeness (QED) is 0.497. The molecular weight excluding hydrogens is 384 g/mol. The minimum Gasteiger partial charge on any atom is -0.497 e. The number of benzene rings is 1. The van der Waals surface area contributed by atoms with E-state index in [-0.39, 0.29) is 12.6 Å². The van der Waals surface area contributed by atoms with Gasteiger partial charge in [0.1, 0.15) is 5.75 Å². The van der Waals surface area contributed by atoms with Crippen molar-refractivity contribution in [2.24, 2.45) is 0 Å². The summed E-state index contributed by atoms with van der Waals surface area (Å²) in [5.41, 5.74) is 1.78. The predicted octanol–water partition coefficient (Wildman–Crippen LogP) is 1.67. The normalized spacial score (nSPS) is 20.3. The third-order valence-electron chi connectivity index (χ3n) is 5.31. The Morgan fingerprint density at radius 3 is 2.67 bits per heavy atom.